The summed E-state index contributed by atoms with van der Waals surface area (Å²) in [5.41, 5.74) is 3.34. The third-order valence-electron chi connectivity index (χ3n) is 4.22. The molecule has 0 saturated heterocycles. The number of fused-ring (bicyclic) bond motifs is 1. The molecular weight excluding hydrogens is 395 g/mol. The minimum atomic E-state index is -0.327. The summed E-state index contributed by atoms with van der Waals surface area (Å²) in [7, 11) is 0. The molecule has 0 bridgehead atoms. The second-order valence-electron chi connectivity index (χ2n) is 6.42. The van der Waals surface area contributed by atoms with Gasteiger partial charge in [0.15, 0.2) is 6.61 Å². The summed E-state index contributed by atoms with van der Waals surface area (Å²) in [6.45, 7) is 1.73. The molecule has 0 unspecified atom stereocenters. The number of nitrogens with zero attached hydrogens (tertiary/aromatic N) is 3. The number of halogens is 2. The number of carbonyl (C=O) groups is 1. The van der Waals surface area contributed by atoms with Gasteiger partial charge >= 0.3 is 0 Å². The topological polar surface area (TPSA) is 69.0 Å². The average Bonchev–Trinajstić information content (AvgIpc) is 3.13. The first-order valence-corrected chi connectivity index (χ1v) is 9.17. The number of hydrogen-bond donors (Lipinski definition) is 1. The lowest BCUT2D eigenvalue weighted by Gasteiger charge is -2.08. The van der Waals surface area contributed by atoms with E-state index in [1.54, 1.807) is 48.5 Å². The Kier molecular flexibility index (Phi) is 5.14. The van der Waals surface area contributed by atoms with E-state index in [9.17, 15) is 9.18 Å². The van der Waals surface area contributed by atoms with E-state index in [0.717, 1.165) is 5.56 Å². The zero-order valence-corrected chi connectivity index (χ0v) is 16.2. The van der Waals surface area contributed by atoms with E-state index in [4.69, 9.17) is 16.3 Å². The van der Waals surface area contributed by atoms with Crippen LogP contribution in [0.3, 0.4) is 0 Å². The van der Waals surface area contributed by atoms with E-state index >= 15 is 0 Å². The van der Waals surface area contributed by atoms with Gasteiger partial charge in [-0.25, -0.2) is 4.39 Å². The van der Waals surface area contributed by atoms with Crippen molar-refractivity contribution in [2.45, 2.75) is 6.92 Å². The molecular formula is C21H16ClFN4O2. The van der Waals surface area contributed by atoms with Crippen LogP contribution in [0, 0.1) is 12.7 Å². The number of amides is 1. The molecule has 146 valence electrons. The number of rotatable bonds is 5. The first-order valence-electron chi connectivity index (χ1n) is 8.80. The van der Waals surface area contributed by atoms with Crippen LogP contribution in [0.5, 0.6) is 5.75 Å². The van der Waals surface area contributed by atoms with Crippen molar-refractivity contribution in [2.24, 2.45) is 0 Å². The van der Waals surface area contributed by atoms with Gasteiger partial charge < -0.3 is 10.1 Å². The smallest absolute Gasteiger partial charge is 0.262 e. The van der Waals surface area contributed by atoms with Crippen molar-refractivity contribution in [3.63, 3.8) is 0 Å². The molecule has 0 aliphatic heterocycles. The molecule has 4 aromatic rings. The maximum atomic E-state index is 13.1. The largest absolute Gasteiger partial charge is 0.484 e. The predicted octanol–water partition coefficient (Wildman–Crippen LogP) is 4.54. The van der Waals surface area contributed by atoms with E-state index in [0.29, 0.717) is 33.2 Å². The molecule has 0 atom stereocenters. The molecule has 1 aromatic heterocycles. The monoisotopic (exact) mass is 410 g/mol. The summed E-state index contributed by atoms with van der Waals surface area (Å²) in [4.78, 5) is 13.6. The maximum absolute atomic E-state index is 13.1. The highest BCUT2D eigenvalue weighted by molar-refractivity contribution is 6.31. The van der Waals surface area contributed by atoms with Gasteiger partial charge in [-0.15, -0.1) is 10.2 Å². The molecule has 3 aromatic carbocycles. The van der Waals surface area contributed by atoms with Crippen LogP contribution in [0.25, 0.3) is 16.7 Å². The SMILES string of the molecule is Cc1cc(OCC(=O)Nc2ccc3nn(-c4ccc(F)cc4)nc3c2)ccc1Cl. The van der Waals surface area contributed by atoms with Crippen LogP contribution in [0.2, 0.25) is 5.02 Å². The fourth-order valence-corrected chi connectivity index (χ4v) is 2.85. The standard InChI is InChI=1S/C21H16ClFN4O2/c1-13-10-17(7-8-18(13)22)29-12-21(28)24-15-4-9-19-20(11-15)26-27(25-19)16-5-2-14(23)3-6-16/h2-11H,12H2,1H3,(H,24,28). The molecule has 0 aliphatic carbocycles. The highest BCUT2D eigenvalue weighted by Crippen LogP contribution is 2.21. The van der Waals surface area contributed by atoms with Crippen molar-refractivity contribution in [3.05, 3.63) is 77.1 Å². The van der Waals surface area contributed by atoms with Gasteiger partial charge in [0, 0.05) is 10.7 Å². The number of anilines is 1. The molecule has 1 N–H and O–H groups in total. The van der Waals surface area contributed by atoms with Crippen LogP contribution in [0.15, 0.2) is 60.7 Å². The zero-order chi connectivity index (χ0) is 20.4. The molecule has 6 nitrogen and oxygen atoms in total. The summed E-state index contributed by atoms with van der Waals surface area (Å²) in [6.07, 6.45) is 0. The van der Waals surface area contributed by atoms with Gasteiger partial charge in [-0.2, -0.15) is 4.80 Å². The van der Waals surface area contributed by atoms with Gasteiger partial charge in [0.1, 0.15) is 22.6 Å². The number of nitrogens with one attached hydrogen (secondary N) is 1. The van der Waals surface area contributed by atoms with Crippen molar-refractivity contribution >= 4 is 34.2 Å². The van der Waals surface area contributed by atoms with Crippen LogP contribution in [-0.2, 0) is 4.79 Å². The third-order valence-corrected chi connectivity index (χ3v) is 4.65. The van der Waals surface area contributed by atoms with Crippen molar-refractivity contribution in [1.82, 2.24) is 15.0 Å². The normalized spacial score (nSPS) is 10.9. The summed E-state index contributed by atoms with van der Waals surface area (Å²) in [5, 5.41) is 12.2. The molecule has 8 heteroatoms. The fourth-order valence-electron chi connectivity index (χ4n) is 2.74. The van der Waals surface area contributed by atoms with Crippen LogP contribution in [-0.4, -0.2) is 27.5 Å². The number of carbonyl (C=O) groups excluding carboxylic acids is 1. The Bertz CT molecular complexity index is 1190. The molecule has 1 heterocycles. The Balaban J connectivity index is 1.44. The molecule has 0 saturated carbocycles. The van der Waals surface area contributed by atoms with Gasteiger partial charge in [-0.1, -0.05) is 11.6 Å². The van der Waals surface area contributed by atoms with Gasteiger partial charge in [0.2, 0.25) is 0 Å². The van der Waals surface area contributed by atoms with Gasteiger partial charge in [-0.05, 0) is 73.2 Å². The van der Waals surface area contributed by atoms with Crippen molar-refractivity contribution in [3.8, 4) is 11.4 Å². The Hall–Kier alpha value is -3.45. The zero-order valence-electron chi connectivity index (χ0n) is 15.4. The van der Waals surface area contributed by atoms with Crippen LogP contribution >= 0.6 is 11.6 Å². The number of hydrogen-bond acceptors (Lipinski definition) is 4. The van der Waals surface area contributed by atoms with Crippen LogP contribution in [0.1, 0.15) is 5.56 Å². The minimum absolute atomic E-state index is 0.138. The van der Waals surface area contributed by atoms with Crippen LogP contribution < -0.4 is 10.1 Å². The maximum Gasteiger partial charge on any atom is 0.262 e. The van der Waals surface area contributed by atoms with Gasteiger partial charge in [0.25, 0.3) is 5.91 Å². The van der Waals surface area contributed by atoms with Crippen molar-refractivity contribution < 1.29 is 13.9 Å². The molecule has 0 spiro atoms. The van der Waals surface area contributed by atoms with E-state index in [2.05, 4.69) is 15.5 Å². The van der Waals surface area contributed by atoms with Crippen molar-refractivity contribution in [2.75, 3.05) is 11.9 Å². The molecule has 0 aliphatic rings. The number of ether oxygens (including phenoxy) is 1. The third kappa shape index (κ3) is 4.35. The molecule has 1 amide bonds. The summed E-state index contributed by atoms with van der Waals surface area (Å²) in [6, 6.07) is 16.3. The predicted molar refractivity (Wildman–Crippen MR) is 109 cm³/mol. The first-order chi connectivity index (χ1) is 14.0. The van der Waals surface area contributed by atoms with E-state index in [1.807, 2.05) is 6.92 Å². The number of benzene rings is 3. The highest BCUT2D eigenvalue weighted by Gasteiger charge is 2.09. The second-order valence-corrected chi connectivity index (χ2v) is 6.82. The Morgan fingerprint density at radius 2 is 1.83 bits per heavy atom. The van der Waals surface area contributed by atoms with E-state index in [1.165, 1.54) is 16.9 Å². The fraction of sp³-hybridized carbons (Fsp3) is 0.0952. The lowest BCUT2D eigenvalue weighted by molar-refractivity contribution is -0.118. The lowest BCUT2D eigenvalue weighted by atomic mass is 10.2. The van der Waals surface area contributed by atoms with E-state index in [-0.39, 0.29) is 18.3 Å². The van der Waals surface area contributed by atoms with Crippen LogP contribution in [0.4, 0.5) is 10.1 Å². The molecule has 0 radical (unpaired) electrons. The number of aromatic nitrogens is 3. The molecule has 0 fully saturated rings. The Morgan fingerprint density at radius 1 is 1.07 bits per heavy atom. The first kappa shape index (κ1) is 18.9. The Labute approximate surface area is 170 Å². The average molecular weight is 411 g/mol. The molecule has 29 heavy (non-hydrogen) atoms. The van der Waals surface area contributed by atoms with Crippen molar-refractivity contribution in [1.29, 1.82) is 0 Å². The molecule has 4 rings (SSSR count). The minimum Gasteiger partial charge on any atom is -0.484 e. The highest BCUT2D eigenvalue weighted by atomic mass is 35.5. The summed E-state index contributed by atoms with van der Waals surface area (Å²) < 4.78 is 18.6. The van der Waals surface area contributed by atoms with Gasteiger partial charge in [0.05, 0.1) is 5.69 Å². The summed E-state index contributed by atoms with van der Waals surface area (Å²) in [5.74, 6) is -0.0611. The quantitative estimate of drug-likeness (QED) is 0.524. The lowest BCUT2D eigenvalue weighted by Crippen LogP contribution is -2.20. The summed E-state index contributed by atoms with van der Waals surface area (Å²) >= 11 is 5.98. The second kappa shape index (κ2) is 7.89. The van der Waals surface area contributed by atoms with E-state index < -0.39 is 0 Å². The Morgan fingerprint density at radius 3 is 2.59 bits per heavy atom. The van der Waals surface area contributed by atoms with Gasteiger partial charge in [-0.3, -0.25) is 4.79 Å². The number of aryl methyl sites for hydroxylation is 1.